The predicted octanol–water partition coefficient (Wildman–Crippen LogP) is -3.61. The molecule has 7 atom stereocenters. The lowest BCUT2D eigenvalue weighted by Crippen LogP contribution is -2.50. The maximum atomic E-state index is 12.2. The van der Waals surface area contributed by atoms with Gasteiger partial charge in [-0.15, -0.1) is 0 Å². The number of phosphoric acid groups is 3. The van der Waals surface area contributed by atoms with Crippen LogP contribution >= 0.6 is 23.5 Å². The summed E-state index contributed by atoms with van der Waals surface area (Å²) in [5.74, 6) is -3.23. The normalized spacial score (nSPS) is 28.7. The monoisotopic (exact) mass is 713 g/mol. The summed E-state index contributed by atoms with van der Waals surface area (Å²) >= 11 is 0. The van der Waals surface area contributed by atoms with Gasteiger partial charge in [0.05, 0.1) is 42.8 Å². The van der Waals surface area contributed by atoms with Gasteiger partial charge in [0.25, 0.3) is 27.1 Å². The van der Waals surface area contributed by atoms with Gasteiger partial charge in [0.1, 0.15) is 30.2 Å². The smallest absolute Gasteiger partial charge is 0.353 e. The molecule has 2 aliphatic heterocycles. The third kappa shape index (κ3) is 6.27. The molecule has 0 bridgehead atoms. The van der Waals surface area contributed by atoms with Crippen LogP contribution in [0.2, 0.25) is 0 Å². The molecule has 3 aliphatic rings. The van der Waals surface area contributed by atoms with E-state index in [1.807, 2.05) is 0 Å². The summed E-state index contributed by atoms with van der Waals surface area (Å²) in [5.41, 5.74) is 1.90. The Morgan fingerprint density at radius 2 is 1.61 bits per heavy atom. The third-order valence-electron chi connectivity index (χ3n) is 6.20. The lowest BCUT2D eigenvalue weighted by Gasteiger charge is -2.37. The van der Waals surface area contributed by atoms with Crippen molar-refractivity contribution in [2.45, 2.75) is 30.3 Å². The van der Waals surface area contributed by atoms with Crippen molar-refractivity contribution in [3.63, 3.8) is 0 Å². The Balaban J connectivity index is 1.54. The van der Waals surface area contributed by atoms with Gasteiger partial charge in [-0.05, 0) is 0 Å². The number of nitrogens with zero attached hydrogens (tertiary/aromatic N) is 7. The van der Waals surface area contributed by atoms with Gasteiger partial charge in [0, 0.05) is 0 Å². The van der Waals surface area contributed by atoms with Gasteiger partial charge >= 0.3 is 11.5 Å². The molecule has 250 valence electrons. The Bertz CT molecular complexity index is 1870. The molecule has 5 rings (SSSR count). The number of nitro groups is 2. The molecule has 2 aromatic heterocycles. The van der Waals surface area contributed by atoms with Crippen molar-refractivity contribution in [3.8, 4) is 0 Å². The number of rotatable bonds is 10. The lowest BCUT2D eigenvalue weighted by atomic mass is 9.99. The Morgan fingerprint density at radius 3 is 2.22 bits per heavy atom. The molecule has 30 heteroatoms. The number of hydrogen-bond acceptors (Lipinski definition) is 23. The highest BCUT2D eigenvalue weighted by atomic mass is 31.3. The molecule has 0 aromatic carbocycles. The average Bonchev–Trinajstić information content (AvgIpc) is 3.58. The Labute approximate surface area is 251 Å². The van der Waals surface area contributed by atoms with Gasteiger partial charge in [-0.1, -0.05) is 0 Å². The molecular weight excluding hydrogens is 701 g/mol. The molecule has 46 heavy (non-hydrogen) atoms. The van der Waals surface area contributed by atoms with E-state index < -0.39 is 92.3 Å². The second kappa shape index (κ2) is 11.5. The molecule has 2 aromatic rings. The topological polar surface area (TPSA) is 404 Å². The number of imidazole rings is 1. The van der Waals surface area contributed by atoms with Gasteiger partial charge < -0.3 is 59.0 Å². The molecule has 7 unspecified atom stereocenters. The van der Waals surface area contributed by atoms with Crippen LogP contribution in [0.5, 0.6) is 0 Å². The third-order valence-corrected chi connectivity index (χ3v) is 9.86. The number of aromatic nitrogens is 4. The molecule has 0 radical (unpaired) electrons. The Kier molecular flexibility index (Phi) is 8.36. The minimum atomic E-state index is -6.38. The van der Waals surface area contributed by atoms with Crippen molar-refractivity contribution in [3.05, 3.63) is 66.8 Å². The standard InChI is InChI=1S/C16H16N8O19P3/c17-13-10-14(19-4-18-13)21(5-20-10)15-12-11(7(39-15)3-38-45(34,35)43-46(36,37)42-44(31,32)33)40-16(41-12)8(23(27)28)1-6(22(25)26)2-9(16)24(29)30/h1-2,4-5,7,11-12,15H,3H2,(H6-,17,18,19,27,28,31,32,33,34,35,36,37)/q-1/p-4. The largest absolute Gasteiger partial charge is 0.790 e. The van der Waals surface area contributed by atoms with E-state index in [4.69, 9.17) is 19.9 Å². The van der Waals surface area contributed by atoms with Gasteiger partial charge in [-0.3, -0.25) is 38.2 Å². The second-order valence-corrected chi connectivity index (χ2v) is 13.2. The van der Waals surface area contributed by atoms with Gasteiger partial charge in [-0.25, -0.2) is 19.3 Å². The summed E-state index contributed by atoms with van der Waals surface area (Å²) in [6.45, 7) is -1.32. The van der Waals surface area contributed by atoms with E-state index in [2.05, 4.69) is 28.1 Å². The van der Waals surface area contributed by atoms with Crippen LogP contribution < -0.4 is 25.3 Å². The first-order valence-electron chi connectivity index (χ1n) is 11.6. The molecule has 1 spiro atoms. The summed E-state index contributed by atoms with van der Waals surface area (Å²) in [6, 6.07) is 0. The van der Waals surface area contributed by atoms with Crippen molar-refractivity contribution in [2.75, 3.05) is 12.3 Å². The summed E-state index contributed by atoms with van der Waals surface area (Å²) in [4.78, 5) is 76.3. The molecule has 0 saturated carbocycles. The fraction of sp³-hybridized carbons (Fsp3) is 0.375. The number of anilines is 1. The predicted molar refractivity (Wildman–Crippen MR) is 129 cm³/mol. The van der Waals surface area contributed by atoms with Crippen LogP contribution in [0.15, 0.2) is 36.2 Å². The first-order chi connectivity index (χ1) is 21.2. The number of fused-ring (bicyclic) bond motifs is 2. The first kappa shape index (κ1) is 33.6. The summed E-state index contributed by atoms with van der Waals surface area (Å²) in [5, 5.41) is 47.5. The number of allylic oxidation sites excluding steroid dienone is 1. The SMILES string of the molecule is Nc1ncnc2c1ncn2C1OC(COP(=O)([O-])OP(=O)([O-])OP(=O)([O-])[O-])C2OC3(OC21)C([N+](=O)[O-])=CC([N+](=O)[O-])=CC3=[N+]([O-])[O-]. The van der Waals surface area contributed by atoms with E-state index in [9.17, 15) is 63.9 Å². The minimum absolute atomic E-state index is 0.0201. The molecule has 27 nitrogen and oxygen atoms in total. The Hall–Kier alpha value is -3.81. The highest BCUT2D eigenvalue weighted by Crippen LogP contribution is 2.61. The van der Waals surface area contributed by atoms with Gasteiger partial charge in [0.15, 0.2) is 17.7 Å². The van der Waals surface area contributed by atoms with Crippen LogP contribution in [0.4, 0.5) is 5.82 Å². The zero-order valence-electron chi connectivity index (χ0n) is 21.6. The highest BCUT2D eigenvalue weighted by Gasteiger charge is 2.69. The minimum Gasteiger partial charge on any atom is -0.790 e. The summed E-state index contributed by atoms with van der Waals surface area (Å²) in [6.07, 6.45) is -4.27. The fourth-order valence-corrected chi connectivity index (χ4v) is 7.45. The van der Waals surface area contributed by atoms with E-state index >= 15 is 0 Å². The number of hydrogen-bond donors (Lipinski definition) is 1. The maximum absolute atomic E-state index is 12.2. The van der Waals surface area contributed by atoms with E-state index in [0.717, 1.165) is 17.2 Å². The van der Waals surface area contributed by atoms with Crippen molar-refractivity contribution < 1.29 is 75.4 Å². The van der Waals surface area contributed by atoms with Crippen LogP contribution in [0, 0.1) is 30.6 Å². The number of ether oxygens (including phenoxy) is 3. The van der Waals surface area contributed by atoms with E-state index in [-0.39, 0.29) is 17.0 Å². The maximum Gasteiger partial charge on any atom is 0.353 e. The highest BCUT2D eigenvalue weighted by molar-refractivity contribution is 7.64. The summed E-state index contributed by atoms with van der Waals surface area (Å²) < 4.78 is 63.5. The Morgan fingerprint density at radius 1 is 0.935 bits per heavy atom. The van der Waals surface area contributed by atoms with Crippen LogP contribution in [-0.4, -0.2) is 70.7 Å². The van der Waals surface area contributed by atoms with Gasteiger partial charge in [0.2, 0.25) is 0 Å². The van der Waals surface area contributed by atoms with Crippen molar-refractivity contribution in [1.29, 1.82) is 0 Å². The van der Waals surface area contributed by atoms with Crippen molar-refractivity contribution >= 4 is 46.2 Å². The van der Waals surface area contributed by atoms with Crippen LogP contribution in [-0.2, 0) is 41.1 Å². The lowest BCUT2D eigenvalue weighted by molar-refractivity contribution is -0.466. The number of nitrogens with two attached hydrogens (primary N) is 1. The van der Waals surface area contributed by atoms with E-state index in [1.165, 1.54) is 0 Å². The summed E-state index contributed by atoms with van der Waals surface area (Å²) in [7, 11) is -18.8. The second-order valence-electron chi connectivity index (χ2n) is 8.99. The molecule has 2 fully saturated rings. The van der Waals surface area contributed by atoms with Crippen LogP contribution in [0.1, 0.15) is 6.23 Å². The number of nitrogen functional groups attached to an aromatic ring is 1. The van der Waals surface area contributed by atoms with Crippen molar-refractivity contribution in [2.24, 2.45) is 0 Å². The molecular formula is C16H12N8O19P3-5. The van der Waals surface area contributed by atoms with Crippen LogP contribution in [0.3, 0.4) is 0 Å². The quantitative estimate of drug-likeness (QED) is 0.107. The van der Waals surface area contributed by atoms with E-state index in [0.29, 0.717) is 12.2 Å². The van der Waals surface area contributed by atoms with Crippen molar-refractivity contribution in [1.82, 2.24) is 19.5 Å². The molecule has 4 heterocycles. The number of phosphoric ester groups is 1. The van der Waals surface area contributed by atoms with Gasteiger partial charge in [-0.2, -0.15) is 4.90 Å². The zero-order valence-corrected chi connectivity index (χ0v) is 24.3. The molecule has 2 N–H and O–H groups in total. The molecule has 2 saturated heterocycles. The van der Waals surface area contributed by atoms with E-state index in [1.54, 1.807) is 0 Å². The molecule has 0 amide bonds. The fourth-order valence-electron chi connectivity index (χ4n) is 4.59. The zero-order chi connectivity index (χ0) is 34.0. The first-order valence-corrected chi connectivity index (χ1v) is 16.0. The average molecular weight is 713 g/mol. The molecule has 1 aliphatic carbocycles. The van der Waals surface area contributed by atoms with Crippen LogP contribution in [0.25, 0.3) is 11.2 Å².